The molecule has 1 atom stereocenters. The van der Waals surface area contributed by atoms with E-state index in [1.54, 1.807) is 36.0 Å². The van der Waals surface area contributed by atoms with E-state index in [2.05, 4.69) is 10.6 Å². The van der Waals surface area contributed by atoms with Crippen molar-refractivity contribution in [1.82, 2.24) is 5.32 Å². The van der Waals surface area contributed by atoms with E-state index in [-0.39, 0.29) is 18.6 Å². The van der Waals surface area contributed by atoms with Crippen LogP contribution in [0.25, 0.3) is 0 Å². The van der Waals surface area contributed by atoms with Crippen molar-refractivity contribution in [1.29, 1.82) is 5.26 Å². The molecule has 0 radical (unpaired) electrons. The summed E-state index contributed by atoms with van der Waals surface area (Å²) in [5.41, 5.74) is 0.679. The minimum Gasteiger partial charge on any atom is -0.479 e. The number of benzene rings is 1. The van der Waals surface area contributed by atoms with Gasteiger partial charge in [-0.25, -0.2) is 0 Å². The lowest BCUT2D eigenvalue weighted by atomic mass is 10.2. The Morgan fingerprint density at radius 3 is 3.26 bits per heavy atom. The first-order valence-corrected chi connectivity index (χ1v) is 7.17. The van der Waals surface area contributed by atoms with Crippen molar-refractivity contribution in [2.75, 3.05) is 30.0 Å². The van der Waals surface area contributed by atoms with Crippen LogP contribution >= 0.6 is 11.8 Å². The maximum atomic E-state index is 12.0. The first-order chi connectivity index (χ1) is 9.29. The Kier molecular flexibility index (Phi) is 5.07. The molecule has 0 saturated carbocycles. The average molecular weight is 277 g/mol. The van der Waals surface area contributed by atoms with Gasteiger partial charge in [0.1, 0.15) is 11.8 Å². The highest BCUT2D eigenvalue weighted by Gasteiger charge is 2.20. The number of nitrogens with zero attached hydrogens (tertiary/aromatic N) is 1. The average Bonchev–Trinajstić information content (AvgIpc) is 2.46. The van der Waals surface area contributed by atoms with E-state index in [0.29, 0.717) is 11.4 Å². The van der Waals surface area contributed by atoms with Crippen molar-refractivity contribution < 1.29 is 9.53 Å². The molecule has 1 aromatic rings. The van der Waals surface area contributed by atoms with Crippen LogP contribution in [0.15, 0.2) is 24.3 Å². The number of thioether (sulfide) groups is 1. The molecule has 1 fully saturated rings. The smallest absolute Gasteiger partial charge is 0.242 e. The molecule has 1 heterocycles. The summed E-state index contributed by atoms with van der Waals surface area (Å²) in [6.45, 7) is 0.853. The lowest BCUT2D eigenvalue weighted by molar-refractivity contribution is -0.117. The van der Waals surface area contributed by atoms with Crippen molar-refractivity contribution in [3.05, 3.63) is 24.3 Å². The van der Waals surface area contributed by atoms with E-state index in [9.17, 15) is 4.79 Å². The summed E-state index contributed by atoms with van der Waals surface area (Å²) in [5, 5.41) is 14.5. The van der Waals surface area contributed by atoms with Crippen LogP contribution in [0.4, 0.5) is 5.69 Å². The Morgan fingerprint density at radius 1 is 1.63 bits per heavy atom. The highest BCUT2D eigenvalue weighted by molar-refractivity contribution is 7.99. The normalized spacial score (nSPS) is 18.4. The maximum Gasteiger partial charge on any atom is 0.242 e. The van der Waals surface area contributed by atoms with Gasteiger partial charge < -0.3 is 15.4 Å². The quantitative estimate of drug-likeness (QED) is 0.866. The highest BCUT2D eigenvalue weighted by Crippen LogP contribution is 2.18. The molecule has 5 nitrogen and oxygen atoms in total. The van der Waals surface area contributed by atoms with E-state index >= 15 is 0 Å². The van der Waals surface area contributed by atoms with Gasteiger partial charge in [-0.1, -0.05) is 6.07 Å². The van der Waals surface area contributed by atoms with E-state index in [1.165, 1.54) is 0 Å². The van der Waals surface area contributed by atoms with Gasteiger partial charge in [0.15, 0.2) is 6.61 Å². The van der Waals surface area contributed by atoms with Gasteiger partial charge in [-0.2, -0.15) is 17.0 Å². The Balaban J connectivity index is 1.94. The van der Waals surface area contributed by atoms with Crippen molar-refractivity contribution in [3.63, 3.8) is 0 Å². The van der Waals surface area contributed by atoms with Gasteiger partial charge in [-0.15, -0.1) is 0 Å². The molecule has 1 aliphatic rings. The fourth-order valence-electron chi connectivity index (χ4n) is 1.74. The molecule has 100 valence electrons. The zero-order valence-electron chi connectivity index (χ0n) is 10.4. The third-order valence-corrected chi connectivity index (χ3v) is 3.70. The van der Waals surface area contributed by atoms with Gasteiger partial charge in [0, 0.05) is 29.8 Å². The van der Waals surface area contributed by atoms with E-state index in [4.69, 9.17) is 10.00 Å². The summed E-state index contributed by atoms with van der Waals surface area (Å²) in [4.78, 5) is 12.0. The van der Waals surface area contributed by atoms with Gasteiger partial charge in [-0.05, 0) is 12.1 Å². The number of nitriles is 1. The monoisotopic (exact) mass is 277 g/mol. The SMILES string of the molecule is N#CCOc1cccc(NC(=O)C2CSCCN2)c1. The first-order valence-electron chi connectivity index (χ1n) is 6.01. The summed E-state index contributed by atoms with van der Waals surface area (Å²) in [7, 11) is 0. The number of ether oxygens (including phenoxy) is 1. The number of hydrogen-bond donors (Lipinski definition) is 2. The molecule has 1 unspecified atom stereocenters. The second-order valence-corrected chi connectivity index (χ2v) is 5.20. The molecule has 0 aliphatic carbocycles. The van der Waals surface area contributed by atoms with Crippen LogP contribution in [0.3, 0.4) is 0 Å². The minimum atomic E-state index is -0.151. The Labute approximate surface area is 116 Å². The summed E-state index contributed by atoms with van der Waals surface area (Å²) in [5.74, 6) is 2.37. The number of amides is 1. The standard InChI is InChI=1S/C13H15N3O2S/c14-4-6-18-11-3-1-2-10(8-11)16-13(17)12-9-19-7-5-15-12/h1-3,8,12,15H,5-7,9H2,(H,16,17). The molecule has 1 saturated heterocycles. The van der Waals surface area contributed by atoms with Crippen molar-refractivity contribution >= 4 is 23.4 Å². The molecule has 2 rings (SSSR count). The predicted octanol–water partition coefficient (Wildman–Crippen LogP) is 1.23. The van der Waals surface area contributed by atoms with Gasteiger partial charge >= 0.3 is 0 Å². The van der Waals surface area contributed by atoms with Gasteiger partial charge in [-0.3, -0.25) is 4.79 Å². The number of anilines is 1. The third kappa shape index (κ3) is 4.16. The maximum absolute atomic E-state index is 12.0. The second-order valence-electron chi connectivity index (χ2n) is 4.05. The van der Waals surface area contributed by atoms with Crippen LogP contribution in [0.5, 0.6) is 5.75 Å². The Bertz CT molecular complexity index is 481. The van der Waals surface area contributed by atoms with Gasteiger partial charge in [0.05, 0.1) is 6.04 Å². The first kappa shape index (κ1) is 13.7. The van der Waals surface area contributed by atoms with Gasteiger partial charge in [0.2, 0.25) is 5.91 Å². The number of nitrogens with one attached hydrogen (secondary N) is 2. The molecule has 1 amide bonds. The largest absolute Gasteiger partial charge is 0.479 e. The summed E-state index contributed by atoms with van der Waals surface area (Å²) in [6, 6.07) is 8.80. The lowest BCUT2D eigenvalue weighted by Crippen LogP contribution is -2.46. The second kappa shape index (κ2) is 7.02. The van der Waals surface area contributed by atoms with Crippen molar-refractivity contribution in [3.8, 4) is 11.8 Å². The number of carbonyl (C=O) groups is 1. The molecule has 6 heteroatoms. The number of rotatable bonds is 4. The molecule has 1 aliphatic heterocycles. The number of hydrogen-bond acceptors (Lipinski definition) is 5. The van der Waals surface area contributed by atoms with E-state index in [1.807, 2.05) is 6.07 Å². The van der Waals surface area contributed by atoms with Crippen LogP contribution in [0.2, 0.25) is 0 Å². The van der Waals surface area contributed by atoms with E-state index in [0.717, 1.165) is 18.1 Å². The van der Waals surface area contributed by atoms with Crippen LogP contribution in [0, 0.1) is 11.3 Å². The van der Waals surface area contributed by atoms with Crippen LogP contribution in [0.1, 0.15) is 0 Å². The van der Waals surface area contributed by atoms with E-state index < -0.39 is 0 Å². The Hall–Kier alpha value is -1.71. The molecule has 0 bridgehead atoms. The zero-order valence-corrected chi connectivity index (χ0v) is 11.2. The fraction of sp³-hybridized carbons (Fsp3) is 0.385. The highest BCUT2D eigenvalue weighted by atomic mass is 32.2. The molecule has 1 aromatic carbocycles. The molecule has 0 aromatic heterocycles. The molecule has 0 spiro atoms. The van der Waals surface area contributed by atoms with Gasteiger partial charge in [0.25, 0.3) is 0 Å². The summed E-state index contributed by atoms with van der Waals surface area (Å²) >= 11 is 1.77. The minimum absolute atomic E-state index is 0.00177. The topological polar surface area (TPSA) is 74.1 Å². The molecule has 19 heavy (non-hydrogen) atoms. The van der Waals surface area contributed by atoms with Crippen LogP contribution in [-0.2, 0) is 4.79 Å². The third-order valence-electron chi connectivity index (χ3n) is 2.64. The zero-order chi connectivity index (χ0) is 13.5. The number of carbonyl (C=O) groups excluding carboxylic acids is 1. The summed E-state index contributed by atoms with van der Waals surface area (Å²) < 4.78 is 5.19. The van der Waals surface area contributed by atoms with Crippen molar-refractivity contribution in [2.24, 2.45) is 0 Å². The molecular formula is C13H15N3O2S. The molecule has 2 N–H and O–H groups in total. The van der Waals surface area contributed by atoms with Crippen LogP contribution in [-0.4, -0.2) is 36.6 Å². The Morgan fingerprint density at radius 2 is 2.53 bits per heavy atom. The summed E-state index contributed by atoms with van der Waals surface area (Å²) in [6.07, 6.45) is 0. The van der Waals surface area contributed by atoms with Crippen LogP contribution < -0.4 is 15.4 Å². The predicted molar refractivity (Wildman–Crippen MR) is 75.3 cm³/mol. The molecular weight excluding hydrogens is 262 g/mol. The fourth-order valence-corrected chi connectivity index (χ4v) is 2.68. The lowest BCUT2D eigenvalue weighted by Gasteiger charge is -2.22. The van der Waals surface area contributed by atoms with Crippen molar-refractivity contribution in [2.45, 2.75) is 6.04 Å².